The van der Waals surface area contributed by atoms with E-state index in [1.165, 1.54) is 24.3 Å². The van der Waals surface area contributed by atoms with Gasteiger partial charge in [0.1, 0.15) is 12.1 Å². The highest BCUT2D eigenvalue weighted by molar-refractivity contribution is 5.78. The third-order valence-corrected chi connectivity index (χ3v) is 3.98. The molecule has 2 nitrogen and oxygen atoms in total. The molecule has 0 saturated carbocycles. The predicted octanol–water partition coefficient (Wildman–Crippen LogP) is 5.65. The lowest BCUT2D eigenvalue weighted by Crippen LogP contribution is -1.98. The van der Waals surface area contributed by atoms with Crippen molar-refractivity contribution in [2.75, 3.05) is 6.61 Å². The van der Waals surface area contributed by atoms with Crippen molar-refractivity contribution >= 4 is 6.29 Å². The van der Waals surface area contributed by atoms with Gasteiger partial charge in [0.25, 0.3) is 0 Å². The number of benzene rings is 3. The summed E-state index contributed by atoms with van der Waals surface area (Å²) >= 11 is 0. The normalized spacial score (nSPS) is 10.6. The van der Waals surface area contributed by atoms with Gasteiger partial charge < -0.3 is 4.74 Å². The van der Waals surface area contributed by atoms with Gasteiger partial charge in [-0.1, -0.05) is 36.4 Å². The van der Waals surface area contributed by atoms with E-state index in [1.807, 2.05) is 0 Å². The molecule has 0 aliphatic carbocycles. The van der Waals surface area contributed by atoms with Gasteiger partial charge in [0.05, 0.1) is 6.61 Å². The number of rotatable bonds is 5. The van der Waals surface area contributed by atoms with Crippen molar-refractivity contribution in [3.8, 4) is 28.0 Å². The summed E-state index contributed by atoms with van der Waals surface area (Å²) in [5.41, 5.74) is 1.68. The SMILES string of the molecule is CCOc1ccc(-c2ccc(-c3ccc(C=O)cc3F)cc2)c(F)c1F. The van der Waals surface area contributed by atoms with Gasteiger partial charge in [-0.3, -0.25) is 4.79 Å². The summed E-state index contributed by atoms with van der Waals surface area (Å²) in [6.45, 7) is 1.92. The van der Waals surface area contributed by atoms with Crippen LogP contribution < -0.4 is 4.74 Å². The quantitative estimate of drug-likeness (QED) is 0.552. The third kappa shape index (κ3) is 3.33. The van der Waals surface area contributed by atoms with Gasteiger partial charge in [0.15, 0.2) is 11.6 Å². The van der Waals surface area contributed by atoms with Crippen LogP contribution in [-0.2, 0) is 0 Å². The number of aldehydes is 1. The topological polar surface area (TPSA) is 26.3 Å². The maximum absolute atomic E-state index is 14.3. The minimum Gasteiger partial charge on any atom is -0.491 e. The summed E-state index contributed by atoms with van der Waals surface area (Å²) in [5, 5.41) is 0. The number of ether oxygens (including phenoxy) is 1. The summed E-state index contributed by atoms with van der Waals surface area (Å²) in [7, 11) is 0. The Bertz CT molecular complexity index is 950. The number of hydrogen-bond acceptors (Lipinski definition) is 2. The van der Waals surface area contributed by atoms with Gasteiger partial charge in [0, 0.05) is 16.7 Å². The first kappa shape index (κ1) is 17.7. The van der Waals surface area contributed by atoms with E-state index in [4.69, 9.17) is 4.74 Å². The fourth-order valence-electron chi connectivity index (χ4n) is 2.69. The van der Waals surface area contributed by atoms with Crippen LogP contribution in [0.3, 0.4) is 0 Å². The lowest BCUT2D eigenvalue weighted by atomic mass is 9.99. The summed E-state index contributed by atoms with van der Waals surface area (Å²) < 4.78 is 47.5. The molecular weight excluding hydrogens is 341 g/mol. The van der Waals surface area contributed by atoms with Crippen molar-refractivity contribution in [3.05, 3.63) is 77.6 Å². The smallest absolute Gasteiger partial charge is 0.201 e. The second-order valence-corrected chi connectivity index (χ2v) is 5.61. The molecule has 26 heavy (non-hydrogen) atoms. The molecule has 3 aromatic carbocycles. The fraction of sp³-hybridized carbons (Fsp3) is 0.0952. The number of carbonyl (C=O) groups excluding carboxylic acids is 1. The van der Waals surface area contributed by atoms with Crippen LogP contribution in [-0.4, -0.2) is 12.9 Å². The molecule has 0 radical (unpaired) electrons. The summed E-state index contributed by atoms with van der Waals surface area (Å²) in [5.74, 6) is -2.70. The van der Waals surface area contributed by atoms with E-state index in [1.54, 1.807) is 31.2 Å². The molecule has 132 valence electrons. The van der Waals surface area contributed by atoms with Crippen LogP contribution in [0.2, 0.25) is 0 Å². The molecule has 0 unspecified atom stereocenters. The molecule has 0 saturated heterocycles. The van der Waals surface area contributed by atoms with Crippen molar-refractivity contribution in [3.63, 3.8) is 0 Å². The molecule has 5 heteroatoms. The van der Waals surface area contributed by atoms with Crippen LogP contribution in [0.1, 0.15) is 17.3 Å². The maximum atomic E-state index is 14.3. The molecule has 3 aromatic rings. The van der Waals surface area contributed by atoms with Crippen LogP contribution in [0.5, 0.6) is 5.75 Å². The Kier molecular flexibility index (Phi) is 5.07. The van der Waals surface area contributed by atoms with Crippen molar-refractivity contribution in [2.45, 2.75) is 6.92 Å². The second-order valence-electron chi connectivity index (χ2n) is 5.61. The van der Waals surface area contributed by atoms with E-state index < -0.39 is 17.5 Å². The lowest BCUT2D eigenvalue weighted by molar-refractivity contribution is 0.112. The first-order chi connectivity index (χ1) is 12.5. The Morgan fingerprint density at radius 3 is 2.04 bits per heavy atom. The largest absolute Gasteiger partial charge is 0.491 e. The Balaban J connectivity index is 1.95. The molecule has 0 fully saturated rings. The van der Waals surface area contributed by atoms with Crippen LogP contribution in [0.15, 0.2) is 54.6 Å². The average molecular weight is 356 g/mol. The van der Waals surface area contributed by atoms with Crippen LogP contribution >= 0.6 is 0 Å². The monoisotopic (exact) mass is 356 g/mol. The van der Waals surface area contributed by atoms with E-state index in [0.717, 1.165) is 6.07 Å². The molecular formula is C21H15F3O2. The highest BCUT2D eigenvalue weighted by Gasteiger charge is 2.16. The maximum Gasteiger partial charge on any atom is 0.201 e. The van der Waals surface area contributed by atoms with Gasteiger partial charge in [-0.15, -0.1) is 0 Å². The van der Waals surface area contributed by atoms with Crippen molar-refractivity contribution in [2.24, 2.45) is 0 Å². The molecule has 0 atom stereocenters. The van der Waals surface area contributed by atoms with E-state index in [0.29, 0.717) is 23.0 Å². The number of hydrogen-bond donors (Lipinski definition) is 0. The van der Waals surface area contributed by atoms with E-state index in [9.17, 15) is 18.0 Å². The molecule has 0 bridgehead atoms. The average Bonchev–Trinajstić information content (AvgIpc) is 2.66. The molecule has 0 aliphatic rings. The zero-order valence-electron chi connectivity index (χ0n) is 13.9. The van der Waals surface area contributed by atoms with Gasteiger partial charge in [-0.2, -0.15) is 4.39 Å². The van der Waals surface area contributed by atoms with E-state index >= 15 is 0 Å². The summed E-state index contributed by atoms with van der Waals surface area (Å²) in [4.78, 5) is 10.7. The third-order valence-electron chi connectivity index (χ3n) is 3.98. The molecule has 0 spiro atoms. The minimum atomic E-state index is -1.04. The zero-order chi connectivity index (χ0) is 18.7. The molecule has 0 aromatic heterocycles. The van der Waals surface area contributed by atoms with Crippen molar-refractivity contribution in [1.29, 1.82) is 0 Å². The van der Waals surface area contributed by atoms with Gasteiger partial charge >= 0.3 is 0 Å². The first-order valence-electron chi connectivity index (χ1n) is 8.01. The van der Waals surface area contributed by atoms with Crippen LogP contribution in [0.25, 0.3) is 22.3 Å². The number of carbonyl (C=O) groups is 1. The number of halogens is 3. The van der Waals surface area contributed by atoms with Crippen LogP contribution in [0, 0.1) is 17.5 Å². The van der Waals surface area contributed by atoms with Crippen LogP contribution in [0.4, 0.5) is 13.2 Å². The highest BCUT2D eigenvalue weighted by Crippen LogP contribution is 2.32. The summed E-state index contributed by atoms with van der Waals surface area (Å²) in [6, 6.07) is 13.4. The molecule has 0 N–H and O–H groups in total. The Morgan fingerprint density at radius 1 is 0.846 bits per heavy atom. The van der Waals surface area contributed by atoms with Crippen molar-refractivity contribution in [1.82, 2.24) is 0 Å². The first-order valence-corrected chi connectivity index (χ1v) is 8.01. The second kappa shape index (κ2) is 7.44. The Morgan fingerprint density at radius 2 is 1.46 bits per heavy atom. The van der Waals surface area contributed by atoms with E-state index in [-0.39, 0.29) is 23.5 Å². The zero-order valence-corrected chi connectivity index (χ0v) is 13.9. The van der Waals surface area contributed by atoms with Gasteiger partial charge in [-0.25, -0.2) is 8.78 Å². The van der Waals surface area contributed by atoms with Gasteiger partial charge in [0.2, 0.25) is 5.82 Å². The van der Waals surface area contributed by atoms with Crippen molar-refractivity contribution < 1.29 is 22.7 Å². The molecule has 3 rings (SSSR count). The molecule has 0 aliphatic heterocycles. The Labute approximate surface area is 148 Å². The predicted molar refractivity (Wildman–Crippen MR) is 93.7 cm³/mol. The minimum absolute atomic E-state index is 0.0919. The fourth-order valence-corrected chi connectivity index (χ4v) is 2.69. The lowest BCUT2D eigenvalue weighted by Gasteiger charge is -2.10. The summed E-state index contributed by atoms with van der Waals surface area (Å²) in [6.07, 6.45) is 0.569. The van der Waals surface area contributed by atoms with E-state index in [2.05, 4.69) is 0 Å². The molecule has 0 heterocycles. The standard InChI is InChI=1S/C21H15F3O2/c1-2-26-19-10-9-17(20(23)21(19)24)15-6-4-14(5-7-15)16-8-3-13(12-25)11-18(16)22/h3-12H,2H2,1H3. The molecule has 0 amide bonds. The van der Waals surface area contributed by atoms with Gasteiger partial charge in [-0.05, 0) is 36.2 Å². The highest BCUT2D eigenvalue weighted by atomic mass is 19.2. The Hall–Kier alpha value is -3.08.